The molecule has 0 N–H and O–H groups in total. The number of hydrogen-bond acceptors (Lipinski definition) is 7. The fourth-order valence-electron chi connectivity index (χ4n) is 3.06. The van der Waals surface area contributed by atoms with Gasteiger partial charge < -0.3 is 8.83 Å². The van der Waals surface area contributed by atoms with Crippen LogP contribution in [0.1, 0.15) is 36.5 Å². The van der Waals surface area contributed by atoms with Crippen LogP contribution in [0.15, 0.2) is 43.8 Å². The summed E-state index contributed by atoms with van der Waals surface area (Å²) < 4.78 is 38.3. The molecule has 4 rings (SSSR count). The minimum atomic E-state index is -3.41. The van der Waals surface area contributed by atoms with Crippen molar-refractivity contribution in [2.75, 3.05) is 13.1 Å². The van der Waals surface area contributed by atoms with Crippen molar-refractivity contribution in [2.24, 2.45) is 0 Å². The Morgan fingerprint density at radius 2 is 2.04 bits per heavy atom. The highest BCUT2D eigenvalue weighted by Crippen LogP contribution is 2.33. The lowest BCUT2D eigenvalue weighted by molar-refractivity contribution is 0.292. The first-order valence-electron chi connectivity index (χ1n) is 8.52. The number of aromatic nitrogens is 2. The van der Waals surface area contributed by atoms with Crippen LogP contribution in [0.4, 0.5) is 0 Å². The summed E-state index contributed by atoms with van der Waals surface area (Å²) in [5.41, 5.74) is 0.744. The van der Waals surface area contributed by atoms with E-state index in [0.29, 0.717) is 41.9 Å². The molecule has 0 atom stereocenters. The van der Waals surface area contributed by atoms with Crippen LogP contribution in [0.5, 0.6) is 0 Å². The van der Waals surface area contributed by atoms with E-state index in [-0.39, 0.29) is 5.92 Å². The van der Waals surface area contributed by atoms with Gasteiger partial charge in [0.15, 0.2) is 0 Å². The first-order chi connectivity index (χ1) is 12.6. The summed E-state index contributed by atoms with van der Waals surface area (Å²) in [6, 6.07) is 5.36. The van der Waals surface area contributed by atoms with Crippen LogP contribution in [0.2, 0.25) is 0 Å². The van der Waals surface area contributed by atoms with E-state index in [4.69, 9.17) is 8.83 Å². The van der Waals surface area contributed by atoms with Gasteiger partial charge in [-0.05, 0) is 37.5 Å². The van der Waals surface area contributed by atoms with Gasteiger partial charge in [0.1, 0.15) is 10.5 Å². The van der Waals surface area contributed by atoms with E-state index < -0.39 is 10.0 Å². The Bertz CT molecular complexity index is 968. The van der Waals surface area contributed by atoms with Crippen molar-refractivity contribution in [3.8, 4) is 11.5 Å². The molecule has 3 aromatic heterocycles. The van der Waals surface area contributed by atoms with Crippen LogP contribution in [0, 0.1) is 0 Å². The molecule has 0 aliphatic carbocycles. The average molecular weight is 393 g/mol. The number of rotatable bonds is 5. The first-order valence-corrected chi connectivity index (χ1v) is 10.8. The zero-order valence-electron chi connectivity index (χ0n) is 14.3. The van der Waals surface area contributed by atoms with Crippen LogP contribution >= 0.6 is 11.3 Å². The monoisotopic (exact) mass is 393 g/mol. The molecule has 0 bridgehead atoms. The number of hydrogen-bond donors (Lipinski definition) is 0. The largest absolute Gasteiger partial charge is 0.472 e. The molecule has 0 radical (unpaired) electrons. The Morgan fingerprint density at radius 1 is 1.23 bits per heavy atom. The van der Waals surface area contributed by atoms with Crippen LogP contribution in [0.3, 0.4) is 0 Å². The number of aryl methyl sites for hydroxylation is 1. The molecule has 1 aliphatic rings. The molecule has 4 heterocycles. The normalized spacial score (nSPS) is 17.0. The quantitative estimate of drug-likeness (QED) is 0.659. The maximum Gasteiger partial charge on any atom is 0.252 e. The second-order valence-corrected chi connectivity index (χ2v) is 9.54. The molecule has 138 valence electrons. The van der Waals surface area contributed by atoms with E-state index in [9.17, 15) is 8.42 Å². The molecule has 0 amide bonds. The number of piperidine rings is 1. The molecule has 1 fully saturated rings. The first kappa shape index (κ1) is 17.4. The Hall–Kier alpha value is -1.97. The third-order valence-electron chi connectivity index (χ3n) is 4.59. The van der Waals surface area contributed by atoms with E-state index >= 15 is 0 Å². The number of nitrogens with zero attached hydrogens (tertiary/aromatic N) is 3. The van der Waals surface area contributed by atoms with Crippen molar-refractivity contribution < 1.29 is 17.3 Å². The molecule has 1 saturated heterocycles. The number of furan rings is 1. The van der Waals surface area contributed by atoms with Crippen LogP contribution in [-0.4, -0.2) is 36.0 Å². The third kappa shape index (κ3) is 3.22. The van der Waals surface area contributed by atoms with Crippen molar-refractivity contribution in [1.29, 1.82) is 0 Å². The highest BCUT2D eigenvalue weighted by Gasteiger charge is 2.32. The molecule has 0 spiro atoms. The van der Waals surface area contributed by atoms with Gasteiger partial charge in [-0.1, -0.05) is 6.92 Å². The van der Waals surface area contributed by atoms with Crippen molar-refractivity contribution >= 4 is 21.4 Å². The van der Waals surface area contributed by atoms with Crippen molar-refractivity contribution in [3.63, 3.8) is 0 Å². The third-order valence-corrected chi connectivity index (χ3v) is 8.19. The fourth-order valence-corrected chi connectivity index (χ4v) is 5.98. The van der Waals surface area contributed by atoms with Gasteiger partial charge in [-0.3, -0.25) is 0 Å². The molecule has 0 aromatic carbocycles. The van der Waals surface area contributed by atoms with Gasteiger partial charge in [-0.2, -0.15) is 4.31 Å². The van der Waals surface area contributed by atoms with Gasteiger partial charge >= 0.3 is 0 Å². The van der Waals surface area contributed by atoms with E-state index in [1.165, 1.54) is 11.3 Å². The topological polar surface area (TPSA) is 89.4 Å². The predicted octanol–water partition coefficient (Wildman–Crippen LogP) is 3.52. The maximum absolute atomic E-state index is 12.8. The van der Waals surface area contributed by atoms with Crippen molar-refractivity contribution in [1.82, 2.24) is 14.5 Å². The van der Waals surface area contributed by atoms with Gasteiger partial charge in [-0.25, -0.2) is 8.42 Å². The van der Waals surface area contributed by atoms with Gasteiger partial charge in [0.2, 0.25) is 5.89 Å². The van der Waals surface area contributed by atoms with Crippen LogP contribution < -0.4 is 0 Å². The Kier molecular flexibility index (Phi) is 4.68. The molecule has 26 heavy (non-hydrogen) atoms. The summed E-state index contributed by atoms with van der Waals surface area (Å²) in [5, 5.41) is 8.19. The van der Waals surface area contributed by atoms with E-state index in [1.54, 1.807) is 29.0 Å². The van der Waals surface area contributed by atoms with Gasteiger partial charge in [0.25, 0.3) is 15.9 Å². The molecular weight excluding hydrogens is 374 g/mol. The molecule has 0 saturated carbocycles. The van der Waals surface area contributed by atoms with Crippen molar-refractivity contribution in [2.45, 2.75) is 36.3 Å². The average Bonchev–Trinajstić information content (AvgIpc) is 3.42. The molecule has 3 aromatic rings. The Labute approximate surface area is 155 Å². The SMILES string of the molecule is CCc1ccc(S(=O)(=O)N2CCC(c3nnc(-c4ccoc4)o3)CC2)s1. The maximum atomic E-state index is 12.8. The highest BCUT2D eigenvalue weighted by atomic mass is 32.2. The number of sulfonamides is 1. The second-order valence-electron chi connectivity index (χ2n) is 6.21. The van der Waals surface area contributed by atoms with Crippen molar-refractivity contribution in [3.05, 3.63) is 41.5 Å². The zero-order valence-corrected chi connectivity index (χ0v) is 15.9. The standard InChI is InChI=1S/C17H19N3O4S2/c1-2-14-3-4-15(25-14)26(21,22)20-8-5-12(6-9-20)16-18-19-17(24-16)13-7-10-23-11-13/h3-4,7,10-12H,2,5-6,8-9H2,1H3. The summed E-state index contributed by atoms with van der Waals surface area (Å²) in [6.07, 6.45) is 5.28. The lowest BCUT2D eigenvalue weighted by Gasteiger charge is -2.29. The van der Waals surface area contributed by atoms with E-state index in [2.05, 4.69) is 10.2 Å². The predicted molar refractivity (Wildman–Crippen MR) is 96.4 cm³/mol. The fraction of sp³-hybridized carbons (Fsp3) is 0.412. The smallest absolute Gasteiger partial charge is 0.252 e. The van der Waals surface area contributed by atoms with Gasteiger partial charge in [-0.15, -0.1) is 21.5 Å². The summed E-state index contributed by atoms with van der Waals surface area (Å²) in [6.45, 7) is 2.93. The van der Waals surface area contributed by atoms with Gasteiger partial charge in [0.05, 0.1) is 11.8 Å². The zero-order chi connectivity index (χ0) is 18.1. The molecule has 0 unspecified atom stereocenters. The van der Waals surface area contributed by atoms with Crippen LogP contribution in [0.25, 0.3) is 11.5 Å². The minimum Gasteiger partial charge on any atom is -0.472 e. The summed E-state index contributed by atoms with van der Waals surface area (Å²) in [5.74, 6) is 1.06. The minimum absolute atomic E-state index is 0.0733. The lowest BCUT2D eigenvalue weighted by atomic mass is 9.98. The van der Waals surface area contributed by atoms with Crippen LogP contribution in [-0.2, 0) is 16.4 Å². The van der Waals surface area contributed by atoms with E-state index in [1.807, 2.05) is 13.0 Å². The molecule has 1 aliphatic heterocycles. The molecule has 7 nitrogen and oxygen atoms in total. The van der Waals surface area contributed by atoms with E-state index in [0.717, 1.165) is 16.9 Å². The summed E-state index contributed by atoms with van der Waals surface area (Å²) in [7, 11) is -3.41. The molecular formula is C17H19N3O4S2. The Morgan fingerprint density at radius 3 is 2.69 bits per heavy atom. The highest BCUT2D eigenvalue weighted by molar-refractivity contribution is 7.91. The second kappa shape index (κ2) is 6.98. The number of thiophene rings is 1. The van der Waals surface area contributed by atoms with Gasteiger partial charge in [0, 0.05) is 23.9 Å². The lowest BCUT2D eigenvalue weighted by Crippen LogP contribution is -2.37. The summed E-state index contributed by atoms with van der Waals surface area (Å²) in [4.78, 5) is 1.08. The summed E-state index contributed by atoms with van der Waals surface area (Å²) >= 11 is 1.35. The Balaban J connectivity index is 1.44. The molecule has 9 heteroatoms.